The molecule has 1 atom stereocenters. The number of carbonyl (C=O) groups is 2. The molecule has 0 aliphatic carbocycles. The first-order valence-corrected chi connectivity index (χ1v) is 17.2. The van der Waals surface area contributed by atoms with E-state index in [0.29, 0.717) is 13.0 Å². The van der Waals surface area contributed by atoms with Crippen molar-refractivity contribution in [1.29, 1.82) is 0 Å². The Morgan fingerprint density at radius 2 is 1.03 bits per heavy atom. The summed E-state index contributed by atoms with van der Waals surface area (Å²) in [5.41, 5.74) is 0. The van der Waals surface area contributed by atoms with Crippen LogP contribution in [0.25, 0.3) is 0 Å². The minimum absolute atomic E-state index is 0.0134. The normalized spacial score (nSPS) is 12.0. The van der Waals surface area contributed by atoms with E-state index in [2.05, 4.69) is 19.2 Å². The van der Waals surface area contributed by atoms with Crippen molar-refractivity contribution < 1.29 is 19.4 Å². The summed E-state index contributed by atoms with van der Waals surface area (Å²) in [6.45, 7) is 5.40. The zero-order valence-electron chi connectivity index (χ0n) is 26.3. The van der Waals surface area contributed by atoms with Crippen LogP contribution < -0.4 is 5.32 Å². The second kappa shape index (κ2) is 31.4. The standard InChI is InChI=1S/C34H67NO4/c1-3-5-7-9-11-13-14-16-18-20-24-28-34(38)39-32(27-23-19-17-15-12-10-8-6-4-2)31-33(37)35-29-25-21-22-26-30-36/h32,36H,3-31H2,1-2H3,(H,35,37). The molecule has 0 spiro atoms. The molecule has 0 saturated carbocycles. The molecule has 0 bridgehead atoms. The Morgan fingerprint density at radius 1 is 0.590 bits per heavy atom. The van der Waals surface area contributed by atoms with Gasteiger partial charge < -0.3 is 15.2 Å². The number of aliphatic hydroxyl groups is 1. The van der Waals surface area contributed by atoms with Gasteiger partial charge in [0.25, 0.3) is 0 Å². The van der Waals surface area contributed by atoms with E-state index in [1.165, 1.54) is 103 Å². The van der Waals surface area contributed by atoms with Crippen LogP contribution in [0, 0.1) is 0 Å². The predicted octanol–water partition coefficient (Wildman–Crippen LogP) is 9.58. The molecule has 0 radical (unpaired) electrons. The van der Waals surface area contributed by atoms with E-state index in [1.807, 2.05) is 0 Å². The minimum Gasteiger partial charge on any atom is -0.462 e. The Morgan fingerprint density at radius 3 is 1.54 bits per heavy atom. The van der Waals surface area contributed by atoms with Gasteiger partial charge in [-0.3, -0.25) is 9.59 Å². The maximum atomic E-state index is 12.5. The fraction of sp³-hybridized carbons (Fsp3) is 0.941. The number of hydrogen-bond donors (Lipinski definition) is 2. The van der Waals surface area contributed by atoms with E-state index in [4.69, 9.17) is 9.84 Å². The highest BCUT2D eigenvalue weighted by molar-refractivity contribution is 5.77. The maximum Gasteiger partial charge on any atom is 0.306 e. The Bertz CT molecular complexity index is 525. The smallest absolute Gasteiger partial charge is 0.306 e. The molecule has 0 heterocycles. The molecule has 0 rings (SSSR count). The zero-order valence-corrected chi connectivity index (χ0v) is 26.3. The van der Waals surface area contributed by atoms with Crippen molar-refractivity contribution in [2.45, 2.75) is 193 Å². The number of rotatable bonds is 31. The van der Waals surface area contributed by atoms with Crippen molar-refractivity contribution in [1.82, 2.24) is 5.32 Å². The van der Waals surface area contributed by atoms with Gasteiger partial charge in [-0.15, -0.1) is 0 Å². The molecular weight excluding hydrogens is 486 g/mol. The van der Waals surface area contributed by atoms with Crippen LogP contribution >= 0.6 is 0 Å². The maximum absolute atomic E-state index is 12.5. The fourth-order valence-corrected chi connectivity index (χ4v) is 5.16. The number of esters is 1. The summed E-state index contributed by atoms with van der Waals surface area (Å²) in [7, 11) is 0. The molecule has 0 saturated heterocycles. The Labute approximate surface area is 243 Å². The fourth-order valence-electron chi connectivity index (χ4n) is 5.16. The summed E-state index contributed by atoms with van der Waals surface area (Å²) in [6.07, 6.45) is 30.2. The van der Waals surface area contributed by atoms with Crippen molar-refractivity contribution in [3.05, 3.63) is 0 Å². The monoisotopic (exact) mass is 554 g/mol. The van der Waals surface area contributed by atoms with Gasteiger partial charge in [-0.2, -0.15) is 0 Å². The number of unbranched alkanes of at least 4 members (excludes halogenated alkanes) is 21. The molecule has 0 aromatic carbocycles. The zero-order chi connectivity index (χ0) is 28.7. The molecule has 0 aromatic heterocycles. The van der Waals surface area contributed by atoms with Crippen LogP contribution in [-0.2, 0) is 14.3 Å². The van der Waals surface area contributed by atoms with Crippen LogP contribution in [0.2, 0.25) is 0 Å². The number of aliphatic hydroxyl groups excluding tert-OH is 1. The molecule has 0 aromatic rings. The van der Waals surface area contributed by atoms with Gasteiger partial charge in [-0.25, -0.2) is 0 Å². The van der Waals surface area contributed by atoms with Crippen LogP contribution in [0.3, 0.4) is 0 Å². The third kappa shape index (κ3) is 29.7. The van der Waals surface area contributed by atoms with Gasteiger partial charge in [0.15, 0.2) is 0 Å². The van der Waals surface area contributed by atoms with Gasteiger partial charge >= 0.3 is 5.97 Å². The highest BCUT2D eigenvalue weighted by Gasteiger charge is 2.18. The molecule has 0 aliphatic heterocycles. The molecular formula is C34H67NO4. The van der Waals surface area contributed by atoms with Crippen molar-refractivity contribution in [3.63, 3.8) is 0 Å². The van der Waals surface area contributed by atoms with E-state index in [0.717, 1.165) is 57.8 Å². The number of carbonyl (C=O) groups excluding carboxylic acids is 2. The SMILES string of the molecule is CCCCCCCCCCCCCC(=O)OC(CCCCCCCCCCC)CC(=O)NCCCCCCO. The van der Waals surface area contributed by atoms with E-state index in [-0.39, 0.29) is 31.0 Å². The molecule has 39 heavy (non-hydrogen) atoms. The van der Waals surface area contributed by atoms with Crippen molar-refractivity contribution in [2.24, 2.45) is 0 Å². The molecule has 232 valence electrons. The summed E-state index contributed by atoms with van der Waals surface area (Å²) in [5.74, 6) is -0.149. The van der Waals surface area contributed by atoms with E-state index in [1.54, 1.807) is 0 Å². The largest absolute Gasteiger partial charge is 0.462 e. The number of amides is 1. The van der Waals surface area contributed by atoms with Gasteiger partial charge in [0.2, 0.25) is 5.91 Å². The first-order chi connectivity index (χ1) is 19.1. The molecule has 0 fully saturated rings. The molecule has 2 N–H and O–H groups in total. The van der Waals surface area contributed by atoms with Crippen LogP contribution in [0.4, 0.5) is 0 Å². The highest BCUT2D eigenvalue weighted by atomic mass is 16.5. The van der Waals surface area contributed by atoms with Crippen LogP contribution in [0.15, 0.2) is 0 Å². The first-order valence-electron chi connectivity index (χ1n) is 17.2. The average Bonchev–Trinajstić information content (AvgIpc) is 2.92. The van der Waals surface area contributed by atoms with E-state index >= 15 is 0 Å². The molecule has 5 heteroatoms. The predicted molar refractivity (Wildman–Crippen MR) is 166 cm³/mol. The molecule has 0 aliphatic rings. The summed E-state index contributed by atoms with van der Waals surface area (Å²) in [5, 5.41) is 11.9. The lowest BCUT2D eigenvalue weighted by Gasteiger charge is -2.18. The lowest BCUT2D eigenvalue weighted by molar-refractivity contribution is -0.151. The topological polar surface area (TPSA) is 75.6 Å². The lowest BCUT2D eigenvalue weighted by atomic mass is 10.0. The van der Waals surface area contributed by atoms with Gasteiger partial charge in [0, 0.05) is 19.6 Å². The van der Waals surface area contributed by atoms with Crippen molar-refractivity contribution >= 4 is 11.9 Å². The van der Waals surface area contributed by atoms with Crippen molar-refractivity contribution in [3.8, 4) is 0 Å². The van der Waals surface area contributed by atoms with Crippen LogP contribution in [-0.4, -0.2) is 36.2 Å². The third-order valence-corrected chi connectivity index (χ3v) is 7.73. The molecule has 1 amide bonds. The number of ether oxygens (including phenoxy) is 1. The summed E-state index contributed by atoms with van der Waals surface area (Å²) in [6, 6.07) is 0. The second-order valence-corrected chi connectivity index (χ2v) is 11.7. The van der Waals surface area contributed by atoms with Gasteiger partial charge in [0.05, 0.1) is 6.42 Å². The Hall–Kier alpha value is -1.10. The van der Waals surface area contributed by atoms with Gasteiger partial charge in [-0.1, -0.05) is 142 Å². The second-order valence-electron chi connectivity index (χ2n) is 11.7. The van der Waals surface area contributed by atoms with Gasteiger partial charge in [-0.05, 0) is 32.1 Å². The Balaban J connectivity index is 4.16. The Kier molecular flexibility index (Phi) is 30.5. The van der Waals surface area contributed by atoms with Crippen LogP contribution in [0.5, 0.6) is 0 Å². The summed E-state index contributed by atoms with van der Waals surface area (Å²) < 4.78 is 5.82. The number of hydrogen-bond acceptors (Lipinski definition) is 4. The summed E-state index contributed by atoms with van der Waals surface area (Å²) in [4.78, 5) is 25.0. The lowest BCUT2D eigenvalue weighted by Crippen LogP contribution is -2.30. The third-order valence-electron chi connectivity index (χ3n) is 7.73. The average molecular weight is 554 g/mol. The number of nitrogens with one attached hydrogen (secondary N) is 1. The highest BCUT2D eigenvalue weighted by Crippen LogP contribution is 2.16. The van der Waals surface area contributed by atoms with Crippen molar-refractivity contribution in [2.75, 3.05) is 13.2 Å². The minimum atomic E-state index is -0.302. The molecule has 5 nitrogen and oxygen atoms in total. The quantitative estimate of drug-likeness (QED) is 0.0662. The van der Waals surface area contributed by atoms with E-state index in [9.17, 15) is 9.59 Å². The van der Waals surface area contributed by atoms with E-state index < -0.39 is 0 Å². The first kappa shape index (κ1) is 37.9. The summed E-state index contributed by atoms with van der Waals surface area (Å²) >= 11 is 0. The van der Waals surface area contributed by atoms with Crippen LogP contribution in [0.1, 0.15) is 187 Å². The van der Waals surface area contributed by atoms with Gasteiger partial charge in [0.1, 0.15) is 6.10 Å². The molecule has 1 unspecified atom stereocenters.